The predicted molar refractivity (Wildman–Crippen MR) is 163 cm³/mol. The van der Waals surface area contributed by atoms with Gasteiger partial charge in [-0.05, 0) is 73.6 Å². The van der Waals surface area contributed by atoms with Crippen LogP contribution < -0.4 is 11.1 Å². The van der Waals surface area contributed by atoms with Crippen molar-refractivity contribution in [2.24, 2.45) is 17.6 Å². The molecule has 2 aliphatic carbocycles. The molecule has 0 unspecified atom stereocenters. The van der Waals surface area contributed by atoms with Crippen LogP contribution in [0.2, 0.25) is 20.6 Å². The van der Waals surface area contributed by atoms with Crippen molar-refractivity contribution in [2.45, 2.75) is 97.1 Å². The third kappa shape index (κ3) is 13.5. The molecule has 2 fully saturated rings. The fraction of sp³-hybridized carbons (Fsp3) is 0.607. The molecule has 2 saturated carbocycles. The first-order chi connectivity index (χ1) is 19.8. The van der Waals surface area contributed by atoms with E-state index in [4.69, 9.17) is 52.1 Å². The van der Waals surface area contributed by atoms with Crippen molar-refractivity contribution in [1.29, 1.82) is 0 Å². The number of hydrogen-bond donors (Lipinski definition) is 2. The molecule has 1 amide bonds. The van der Waals surface area contributed by atoms with E-state index in [9.17, 15) is 14.4 Å². The van der Waals surface area contributed by atoms with Gasteiger partial charge in [-0.15, -0.1) is 0 Å². The van der Waals surface area contributed by atoms with Gasteiger partial charge in [-0.3, -0.25) is 14.4 Å². The van der Waals surface area contributed by atoms with Crippen LogP contribution in [0.1, 0.15) is 83.5 Å². The molecule has 14 heteroatoms. The van der Waals surface area contributed by atoms with Crippen LogP contribution in [0.4, 0.5) is 0 Å². The van der Waals surface area contributed by atoms with Crippen LogP contribution in [0.3, 0.4) is 0 Å². The van der Waals surface area contributed by atoms with E-state index >= 15 is 0 Å². The Hall–Kier alpha value is -2.11. The molecule has 42 heavy (non-hydrogen) atoms. The minimum absolute atomic E-state index is 0.0173. The molecule has 4 atom stereocenters. The van der Waals surface area contributed by atoms with Gasteiger partial charge in [0.2, 0.25) is 16.5 Å². The van der Waals surface area contributed by atoms with Crippen LogP contribution in [0.5, 0.6) is 0 Å². The van der Waals surface area contributed by atoms with Crippen molar-refractivity contribution in [1.82, 2.24) is 25.3 Å². The molecule has 2 aromatic heterocycles. The summed E-state index contributed by atoms with van der Waals surface area (Å²) in [6.07, 6.45) is 13.8. The quantitative estimate of drug-likeness (QED) is 0.224. The second-order valence-corrected chi connectivity index (χ2v) is 11.9. The van der Waals surface area contributed by atoms with E-state index in [1.165, 1.54) is 39.3 Å². The Morgan fingerprint density at radius 2 is 1.24 bits per heavy atom. The highest BCUT2D eigenvalue weighted by Gasteiger charge is 2.27. The van der Waals surface area contributed by atoms with Gasteiger partial charge >= 0.3 is 11.9 Å². The van der Waals surface area contributed by atoms with Crippen molar-refractivity contribution in [3.8, 4) is 0 Å². The van der Waals surface area contributed by atoms with Crippen LogP contribution in [0, 0.1) is 11.8 Å². The molecule has 0 aliphatic heterocycles. The zero-order chi connectivity index (χ0) is 31.2. The Labute approximate surface area is 266 Å². The first kappa shape index (κ1) is 36.1. The predicted octanol–water partition coefficient (Wildman–Crippen LogP) is 5.96. The van der Waals surface area contributed by atoms with Gasteiger partial charge in [-0.25, -0.2) is 19.9 Å². The maximum absolute atomic E-state index is 11.2. The molecule has 0 saturated heterocycles. The number of nitrogens with zero attached hydrogens (tertiary/aromatic N) is 4. The molecule has 10 nitrogen and oxygen atoms in total. The van der Waals surface area contributed by atoms with Gasteiger partial charge in [0.1, 0.15) is 0 Å². The lowest BCUT2D eigenvalue weighted by Gasteiger charge is -2.32. The summed E-state index contributed by atoms with van der Waals surface area (Å²) in [5.41, 5.74) is 7.69. The Morgan fingerprint density at radius 1 is 0.786 bits per heavy atom. The average Bonchev–Trinajstić information content (AvgIpc) is 2.90. The van der Waals surface area contributed by atoms with E-state index in [0.717, 1.165) is 56.3 Å². The molecule has 0 aromatic carbocycles. The summed E-state index contributed by atoms with van der Waals surface area (Å²) in [5.74, 6) is -0.276. The van der Waals surface area contributed by atoms with Crippen LogP contribution in [-0.4, -0.2) is 49.9 Å². The number of esters is 2. The van der Waals surface area contributed by atoms with E-state index in [2.05, 4.69) is 30.0 Å². The van der Waals surface area contributed by atoms with Crippen LogP contribution >= 0.6 is 46.4 Å². The number of aromatic nitrogens is 4. The Morgan fingerprint density at radius 3 is 1.69 bits per heavy atom. The van der Waals surface area contributed by atoms with Gasteiger partial charge in [0.25, 0.3) is 0 Å². The highest BCUT2D eigenvalue weighted by molar-refractivity contribution is 6.32. The lowest BCUT2D eigenvalue weighted by atomic mass is 9.81. The highest BCUT2D eigenvalue weighted by atomic mass is 35.5. The standard InChI is InChI=1S/C13H17Cl2N3O.C11H15Cl2N3.C4H6O3/c1-8(19)17-11-5-3-2-4-9(11)6-12-10(14)7-16-13(15)18-12;12-8-6-15-11(13)16-10(8)5-7-3-1-2-4-9(7)14;1-3(5)7-4(2)6/h7,9,11H,2-6H2,1H3,(H,17,19);6-7,9H,1-5,14H2;1-2H3/t9-,11+;7-,9+;/m00./s1. The number of carbonyl (C=O) groups is 3. The average molecular weight is 664 g/mol. The molecule has 0 bridgehead atoms. The van der Waals surface area contributed by atoms with Crippen LogP contribution in [-0.2, 0) is 32.0 Å². The first-order valence-corrected chi connectivity index (χ1v) is 15.4. The van der Waals surface area contributed by atoms with Gasteiger partial charge < -0.3 is 15.8 Å². The first-order valence-electron chi connectivity index (χ1n) is 13.9. The third-order valence-corrected chi connectivity index (χ3v) is 8.03. The third-order valence-electron chi connectivity index (χ3n) is 7.04. The lowest BCUT2D eigenvalue weighted by Crippen LogP contribution is -2.42. The SMILES string of the molecule is CC(=O)N[C@@H]1CCCC[C@H]1Cc1nc(Cl)ncc1Cl.CC(=O)OC(C)=O.N[C@@H]1CCCC[C@H]1Cc1nc(Cl)ncc1Cl. The maximum atomic E-state index is 11.2. The van der Waals surface area contributed by atoms with Gasteiger partial charge in [0, 0.05) is 32.9 Å². The highest BCUT2D eigenvalue weighted by Crippen LogP contribution is 2.30. The van der Waals surface area contributed by atoms with E-state index in [1.807, 2.05) is 0 Å². The van der Waals surface area contributed by atoms with Crippen molar-refractivity contribution in [3.05, 3.63) is 44.4 Å². The summed E-state index contributed by atoms with van der Waals surface area (Å²) in [5, 5.41) is 4.62. The molecule has 0 radical (unpaired) electrons. The number of halogens is 4. The number of nitrogens with two attached hydrogens (primary N) is 1. The monoisotopic (exact) mass is 662 g/mol. The fourth-order valence-electron chi connectivity index (χ4n) is 5.13. The van der Waals surface area contributed by atoms with E-state index in [-0.39, 0.29) is 28.6 Å². The number of carbonyl (C=O) groups excluding carboxylic acids is 3. The molecule has 2 aliphatic rings. The van der Waals surface area contributed by atoms with Crippen molar-refractivity contribution >= 4 is 64.2 Å². The van der Waals surface area contributed by atoms with E-state index < -0.39 is 11.9 Å². The van der Waals surface area contributed by atoms with E-state index in [1.54, 1.807) is 13.1 Å². The van der Waals surface area contributed by atoms with Crippen molar-refractivity contribution in [2.75, 3.05) is 0 Å². The Bertz CT molecular complexity index is 1190. The smallest absolute Gasteiger partial charge is 0.310 e. The second kappa shape index (κ2) is 18.5. The number of nitrogens with one attached hydrogen (secondary N) is 1. The molecule has 232 valence electrons. The summed E-state index contributed by atoms with van der Waals surface area (Å²) >= 11 is 23.7. The molecule has 2 aromatic rings. The summed E-state index contributed by atoms with van der Waals surface area (Å²) in [6, 6.07) is 0.467. The second-order valence-electron chi connectivity index (χ2n) is 10.4. The molecule has 2 heterocycles. The number of ether oxygens (including phenoxy) is 1. The number of amides is 1. The van der Waals surface area contributed by atoms with Gasteiger partial charge in [0.05, 0.1) is 33.8 Å². The minimum Gasteiger partial charge on any atom is -0.394 e. The molecular formula is C28H38Cl4N6O4. The number of hydrogen-bond acceptors (Lipinski definition) is 9. The zero-order valence-electron chi connectivity index (χ0n) is 24.0. The van der Waals surface area contributed by atoms with Crippen LogP contribution in [0.15, 0.2) is 12.4 Å². The maximum Gasteiger partial charge on any atom is 0.310 e. The van der Waals surface area contributed by atoms with E-state index in [0.29, 0.717) is 21.9 Å². The van der Waals surface area contributed by atoms with Crippen LogP contribution in [0.25, 0.3) is 0 Å². The largest absolute Gasteiger partial charge is 0.394 e. The molecule has 4 rings (SSSR count). The van der Waals surface area contributed by atoms with Gasteiger partial charge in [-0.2, -0.15) is 0 Å². The molecule has 3 N–H and O–H groups in total. The van der Waals surface area contributed by atoms with Crippen molar-refractivity contribution in [3.63, 3.8) is 0 Å². The fourth-order valence-corrected chi connectivity index (χ4v) is 5.77. The normalized spacial score (nSPS) is 21.5. The minimum atomic E-state index is -0.562. The Balaban J connectivity index is 0.000000243. The molecular weight excluding hydrogens is 626 g/mol. The Kier molecular flexibility index (Phi) is 15.9. The summed E-state index contributed by atoms with van der Waals surface area (Å²) in [7, 11) is 0. The van der Waals surface area contributed by atoms with Gasteiger partial charge in [0.15, 0.2) is 0 Å². The summed E-state index contributed by atoms with van der Waals surface area (Å²) in [4.78, 5) is 46.9. The van der Waals surface area contributed by atoms with Gasteiger partial charge in [-0.1, -0.05) is 48.9 Å². The number of rotatable bonds is 5. The van der Waals surface area contributed by atoms with Crippen molar-refractivity contribution < 1.29 is 19.1 Å². The zero-order valence-corrected chi connectivity index (χ0v) is 27.1. The summed E-state index contributed by atoms with van der Waals surface area (Å²) < 4.78 is 3.97. The topological polar surface area (TPSA) is 150 Å². The molecule has 0 spiro atoms. The summed E-state index contributed by atoms with van der Waals surface area (Å²) in [6.45, 7) is 3.92. The lowest BCUT2D eigenvalue weighted by molar-refractivity contribution is -0.156.